The van der Waals surface area contributed by atoms with Crippen LogP contribution in [0.25, 0.3) is 11.0 Å². The lowest BCUT2D eigenvalue weighted by Gasteiger charge is -2.09. The van der Waals surface area contributed by atoms with Crippen LogP contribution in [-0.2, 0) is 0 Å². The molecule has 0 aliphatic heterocycles. The van der Waals surface area contributed by atoms with Crippen LogP contribution in [0.3, 0.4) is 0 Å². The average Bonchev–Trinajstić information content (AvgIpc) is 2.52. The molecular weight excluding hydrogens is 266 g/mol. The SMILES string of the molecule is CN=C(c1ccccc1)c1c(O)c2ccccc2oc1=O. The zero-order valence-corrected chi connectivity index (χ0v) is 11.4. The summed E-state index contributed by atoms with van der Waals surface area (Å²) in [5, 5.41) is 10.9. The van der Waals surface area contributed by atoms with E-state index >= 15 is 0 Å². The third-order valence-electron chi connectivity index (χ3n) is 3.29. The summed E-state index contributed by atoms with van der Waals surface area (Å²) in [6.45, 7) is 0. The van der Waals surface area contributed by atoms with Crippen LogP contribution < -0.4 is 5.63 Å². The van der Waals surface area contributed by atoms with Crippen LogP contribution in [0.2, 0.25) is 0 Å². The first kappa shape index (κ1) is 13.1. The molecule has 0 unspecified atom stereocenters. The summed E-state index contributed by atoms with van der Waals surface area (Å²) in [7, 11) is 1.58. The molecule has 1 aromatic heterocycles. The fourth-order valence-electron chi connectivity index (χ4n) is 2.32. The Labute approximate surface area is 121 Å². The highest BCUT2D eigenvalue weighted by Crippen LogP contribution is 2.27. The van der Waals surface area contributed by atoms with Crippen molar-refractivity contribution < 1.29 is 9.52 Å². The molecule has 0 aliphatic carbocycles. The molecule has 0 bridgehead atoms. The molecule has 0 fully saturated rings. The van der Waals surface area contributed by atoms with Crippen LogP contribution in [-0.4, -0.2) is 17.9 Å². The molecule has 0 radical (unpaired) electrons. The van der Waals surface area contributed by atoms with Crippen LogP contribution in [0, 0.1) is 0 Å². The van der Waals surface area contributed by atoms with Crippen molar-refractivity contribution in [2.24, 2.45) is 4.99 Å². The summed E-state index contributed by atoms with van der Waals surface area (Å²) in [4.78, 5) is 16.4. The van der Waals surface area contributed by atoms with E-state index in [9.17, 15) is 9.90 Å². The van der Waals surface area contributed by atoms with Gasteiger partial charge in [-0.2, -0.15) is 0 Å². The Balaban J connectivity index is 2.32. The standard InChI is InChI=1S/C17H13NO3/c1-18-15(11-7-3-2-4-8-11)14-16(19)12-9-5-6-10-13(12)21-17(14)20/h2-10,19H,1H3. The molecule has 3 aromatic rings. The van der Waals surface area contributed by atoms with Gasteiger partial charge in [-0.3, -0.25) is 4.99 Å². The van der Waals surface area contributed by atoms with E-state index in [4.69, 9.17) is 4.42 Å². The first-order chi connectivity index (χ1) is 10.2. The van der Waals surface area contributed by atoms with Crippen molar-refractivity contribution in [3.8, 4) is 5.75 Å². The lowest BCUT2D eigenvalue weighted by Crippen LogP contribution is -2.16. The van der Waals surface area contributed by atoms with E-state index in [0.29, 0.717) is 16.7 Å². The Morgan fingerprint density at radius 3 is 2.43 bits per heavy atom. The molecule has 4 heteroatoms. The molecule has 0 spiro atoms. The molecule has 2 aromatic carbocycles. The fourth-order valence-corrected chi connectivity index (χ4v) is 2.32. The zero-order chi connectivity index (χ0) is 14.8. The topological polar surface area (TPSA) is 62.8 Å². The summed E-state index contributed by atoms with van der Waals surface area (Å²) >= 11 is 0. The minimum Gasteiger partial charge on any atom is -0.506 e. The highest BCUT2D eigenvalue weighted by Gasteiger charge is 2.19. The summed E-state index contributed by atoms with van der Waals surface area (Å²) < 4.78 is 5.28. The van der Waals surface area contributed by atoms with Gasteiger partial charge in [0.25, 0.3) is 0 Å². The maximum absolute atomic E-state index is 12.2. The lowest BCUT2D eigenvalue weighted by atomic mass is 10.0. The predicted octanol–water partition coefficient (Wildman–Crippen LogP) is 2.97. The Hall–Kier alpha value is -2.88. The molecule has 104 valence electrons. The number of hydrogen-bond acceptors (Lipinski definition) is 4. The smallest absolute Gasteiger partial charge is 0.349 e. The van der Waals surface area contributed by atoms with E-state index in [1.165, 1.54) is 0 Å². The normalized spacial score (nSPS) is 11.8. The van der Waals surface area contributed by atoms with Crippen molar-refractivity contribution in [1.29, 1.82) is 0 Å². The van der Waals surface area contributed by atoms with Crippen LogP contribution in [0.4, 0.5) is 0 Å². The van der Waals surface area contributed by atoms with Crippen LogP contribution in [0.1, 0.15) is 11.1 Å². The molecular formula is C17H13NO3. The van der Waals surface area contributed by atoms with E-state index in [2.05, 4.69) is 4.99 Å². The van der Waals surface area contributed by atoms with E-state index in [1.807, 2.05) is 30.3 Å². The molecule has 21 heavy (non-hydrogen) atoms. The number of hydrogen-bond donors (Lipinski definition) is 1. The largest absolute Gasteiger partial charge is 0.506 e. The number of benzene rings is 2. The number of aromatic hydroxyl groups is 1. The maximum Gasteiger partial charge on any atom is 0.349 e. The third-order valence-corrected chi connectivity index (χ3v) is 3.29. The average molecular weight is 279 g/mol. The summed E-state index contributed by atoms with van der Waals surface area (Å²) in [5.74, 6) is -0.105. The number of aliphatic imine (C=N–C) groups is 1. The number of fused-ring (bicyclic) bond motifs is 1. The molecule has 4 nitrogen and oxygen atoms in total. The molecule has 0 saturated heterocycles. The Bertz CT molecular complexity index is 879. The number of para-hydroxylation sites is 1. The minimum atomic E-state index is -0.601. The van der Waals surface area contributed by atoms with Crippen LogP contribution in [0.15, 0.2) is 68.8 Å². The molecule has 0 atom stereocenters. The quantitative estimate of drug-likeness (QED) is 0.579. The fraction of sp³-hybridized carbons (Fsp3) is 0.0588. The van der Waals surface area contributed by atoms with Gasteiger partial charge in [-0.15, -0.1) is 0 Å². The van der Waals surface area contributed by atoms with Gasteiger partial charge in [0.15, 0.2) is 0 Å². The van der Waals surface area contributed by atoms with Gasteiger partial charge in [0.05, 0.1) is 11.1 Å². The van der Waals surface area contributed by atoms with Gasteiger partial charge in [-0.05, 0) is 12.1 Å². The first-order valence-corrected chi connectivity index (χ1v) is 6.49. The van der Waals surface area contributed by atoms with Crippen LogP contribution >= 0.6 is 0 Å². The highest BCUT2D eigenvalue weighted by atomic mass is 16.4. The van der Waals surface area contributed by atoms with Crippen molar-refractivity contribution >= 4 is 16.7 Å². The number of nitrogens with zero attached hydrogens (tertiary/aromatic N) is 1. The van der Waals surface area contributed by atoms with E-state index in [1.54, 1.807) is 31.3 Å². The van der Waals surface area contributed by atoms with Crippen molar-refractivity contribution in [2.75, 3.05) is 7.05 Å². The first-order valence-electron chi connectivity index (χ1n) is 6.49. The van der Waals surface area contributed by atoms with E-state index < -0.39 is 5.63 Å². The van der Waals surface area contributed by atoms with Crippen LogP contribution in [0.5, 0.6) is 5.75 Å². The number of rotatable bonds is 2. The highest BCUT2D eigenvalue weighted by molar-refractivity contribution is 6.15. The minimum absolute atomic E-state index is 0.0856. The van der Waals surface area contributed by atoms with E-state index in [0.717, 1.165) is 5.56 Å². The van der Waals surface area contributed by atoms with Gasteiger partial charge in [0, 0.05) is 12.6 Å². The van der Waals surface area contributed by atoms with Crippen molar-refractivity contribution in [3.63, 3.8) is 0 Å². The van der Waals surface area contributed by atoms with Gasteiger partial charge < -0.3 is 9.52 Å². The third kappa shape index (κ3) is 2.21. The summed E-state index contributed by atoms with van der Waals surface area (Å²) in [5.41, 5.74) is 0.996. The second-order valence-corrected chi connectivity index (χ2v) is 4.55. The van der Waals surface area contributed by atoms with E-state index in [-0.39, 0.29) is 11.3 Å². The van der Waals surface area contributed by atoms with Crippen molar-refractivity contribution in [3.05, 3.63) is 76.1 Å². The van der Waals surface area contributed by atoms with Crippen molar-refractivity contribution in [2.45, 2.75) is 0 Å². The molecule has 1 N–H and O–H groups in total. The molecule has 0 amide bonds. The molecule has 1 heterocycles. The Morgan fingerprint density at radius 2 is 1.71 bits per heavy atom. The lowest BCUT2D eigenvalue weighted by molar-refractivity contribution is 0.466. The second-order valence-electron chi connectivity index (χ2n) is 4.55. The monoisotopic (exact) mass is 279 g/mol. The predicted molar refractivity (Wildman–Crippen MR) is 82.2 cm³/mol. The maximum atomic E-state index is 12.2. The van der Waals surface area contributed by atoms with Crippen molar-refractivity contribution in [1.82, 2.24) is 0 Å². The van der Waals surface area contributed by atoms with Gasteiger partial charge in [0.2, 0.25) is 0 Å². The second kappa shape index (κ2) is 5.25. The Kier molecular flexibility index (Phi) is 3.28. The summed E-state index contributed by atoms with van der Waals surface area (Å²) in [6, 6.07) is 16.1. The van der Waals surface area contributed by atoms with Gasteiger partial charge in [0.1, 0.15) is 16.9 Å². The van der Waals surface area contributed by atoms with Gasteiger partial charge in [-0.1, -0.05) is 42.5 Å². The molecule has 0 aliphatic rings. The summed E-state index contributed by atoms with van der Waals surface area (Å²) in [6.07, 6.45) is 0. The molecule has 3 rings (SSSR count). The van der Waals surface area contributed by atoms with Gasteiger partial charge >= 0.3 is 5.63 Å². The molecule has 0 saturated carbocycles. The Morgan fingerprint density at radius 1 is 1.05 bits per heavy atom. The zero-order valence-electron chi connectivity index (χ0n) is 11.4. The van der Waals surface area contributed by atoms with Gasteiger partial charge in [-0.25, -0.2) is 4.79 Å².